The Balaban J connectivity index is 1.47. The lowest BCUT2D eigenvalue weighted by molar-refractivity contribution is 0.338. The molecule has 0 saturated heterocycles. The van der Waals surface area contributed by atoms with Gasteiger partial charge < -0.3 is 10.1 Å². The van der Waals surface area contributed by atoms with Gasteiger partial charge in [-0.05, 0) is 42.9 Å². The number of ether oxygens (including phenoxy) is 1. The molecule has 1 N–H and O–H groups in total. The minimum absolute atomic E-state index is 0.385. The zero-order chi connectivity index (χ0) is 21.6. The molecule has 0 radical (unpaired) electrons. The summed E-state index contributed by atoms with van der Waals surface area (Å²) >= 11 is 0. The van der Waals surface area contributed by atoms with Gasteiger partial charge in [-0.3, -0.25) is 9.98 Å². The normalized spacial score (nSPS) is 18.9. The third-order valence-electron chi connectivity index (χ3n) is 5.54. The molecule has 0 fully saturated rings. The third-order valence-corrected chi connectivity index (χ3v) is 5.54. The van der Waals surface area contributed by atoms with Crippen LogP contribution in [-0.2, 0) is 6.54 Å². The van der Waals surface area contributed by atoms with E-state index in [9.17, 15) is 0 Å². The molecule has 31 heavy (non-hydrogen) atoms. The number of anilines is 2. The van der Waals surface area contributed by atoms with Gasteiger partial charge in [0.25, 0.3) is 0 Å². The standard InChI is InChI=1S/C23H29N7O/c1-4-6-20-17(7-5-10-25-20)11-16(2)15-30-23-21(28-29-30)8-9-22(27-23)26-18-12-19(31-3)14-24-13-18/h5,7-10,12-14,16-17,20H,4,6,11,15H2,1-3H3,(H,26,27). The van der Waals surface area contributed by atoms with Crippen LogP contribution in [-0.4, -0.2) is 44.3 Å². The Labute approximate surface area is 182 Å². The van der Waals surface area contributed by atoms with Crippen LogP contribution in [0.1, 0.15) is 33.1 Å². The van der Waals surface area contributed by atoms with E-state index < -0.39 is 0 Å². The SMILES string of the molecule is CCCC1N=CC=CC1CC(C)Cn1nnc2ccc(Nc3cncc(OC)c3)nc21. The van der Waals surface area contributed by atoms with Gasteiger partial charge in [-0.1, -0.05) is 31.6 Å². The number of aliphatic imine (C=N–C) groups is 1. The summed E-state index contributed by atoms with van der Waals surface area (Å²) in [7, 11) is 1.62. The molecule has 8 nitrogen and oxygen atoms in total. The second kappa shape index (κ2) is 9.68. The summed E-state index contributed by atoms with van der Waals surface area (Å²) in [6.07, 6.45) is 13.0. The molecule has 4 rings (SSSR count). The first kappa shape index (κ1) is 21.0. The van der Waals surface area contributed by atoms with Crippen LogP contribution in [0.2, 0.25) is 0 Å². The van der Waals surface area contributed by atoms with Gasteiger partial charge in [0.2, 0.25) is 0 Å². The highest BCUT2D eigenvalue weighted by Gasteiger charge is 2.22. The molecule has 0 aliphatic carbocycles. The summed E-state index contributed by atoms with van der Waals surface area (Å²) < 4.78 is 7.14. The van der Waals surface area contributed by atoms with E-state index in [1.807, 2.05) is 29.1 Å². The molecule has 0 saturated carbocycles. The topological polar surface area (TPSA) is 90.1 Å². The molecule has 0 amide bonds. The van der Waals surface area contributed by atoms with Crippen LogP contribution in [0.15, 0.2) is 47.7 Å². The number of nitrogens with zero attached hydrogens (tertiary/aromatic N) is 6. The lowest BCUT2D eigenvalue weighted by Crippen LogP contribution is -2.23. The number of hydrogen-bond donors (Lipinski definition) is 1. The van der Waals surface area contributed by atoms with Crippen molar-refractivity contribution in [1.82, 2.24) is 25.0 Å². The molecule has 1 aliphatic heterocycles. The fourth-order valence-electron chi connectivity index (χ4n) is 4.04. The van der Waals surface area contributed by atoms with Gasteiger partial charge in [-0.2, -0.15) is 0 Å². The van der Waals surface area contributed by atoms with Crippen molar-refractivity contribution in [1.29, 1.82) is 0 Å². The second-order valence-corrected chi connectivity index (χ2v) is 8.09. The number of methoxy groups -OCH3 is 1. The first-order valence-corrected chi connectivity index (χ1v) is 10.8. The van der Waals surface area contributed by atoms with Crippen molar-refractivity contribution in [3.63, 3.8) is 0 Å². The number of allylic oxidation sites excluding steroid dienone is 1. The first-order chi connectivity index (χ1) is 15.2. The smallest absolute Gasteiger partial charge is 0.180 e. The van der Waals surface area contributed by atoms with E-state index in [0.29, 0.717) is 29.4 Å². The van der Waals surface area contributed by atoms with Crippen molar-refractivity contribution in [3.8, 4) is 5.75 Å². The summed E-state index contributed by atoms with van der Waals surface area (Å²) in [6.45, 7) is 5.24. The predicted octanol–water partition coefficient (Wildman–Crippen LogP) is 4.43. The number of nitrogens with one attached hydrogen (secondary N) is 1. The van der Waals surface area contributed by atoms with Crippen LogP contribution in [0.3, 0.4) is 0 Å². The zero-order valence-electron chi connectivity index (χ0n) is 18.3. The Morgan fingerprint density at radius 1 is 1.26 bits per heavy atom. The number of rotatable bonds is 9. The summed E-state index contributed by atoms with van der Waals surface area (Å²) in [5.74, 6) is 2.30. The van der Waals surface area contributed by atoms with E-state index in [0.717, 1.165) is 42.7 Å². The third kappa shape index (κ3) is 5.07. The molecule has 0 spiro atoms. The summed E-state index contributed by atoms with van der Waals surface area (Å²) in [5.41, 5.74) is 2.37. The highest BCUT2D eigenvalue weighted by atomic mass is 16.5. The first-order valence-electron chi connectivity index (χ1n) is 10.8. The van der Waals surface area contributed by atoms with Crippen LogP contribution >= 0.6 is 0 Å². The Morgan fingerprint density at radius 3 is 3.00 bits per heavy atom. The van der Waals surface area contributed by atoms with Gasteiger partial charge in [0.1, 0.15) is 17.1 Å². The lowest BCUT2D eigenvalue weighted by atomic mass is 9.86. The van der Waals surface area contributed by atoms with Crippen molar-refractivity contribution >= 4 is 28.9 Å². The van der Waals surface area contributed by atoms with Gasteiger partial charge in [0.15, 0.2) is 5.65 Å². The van der Waals surface area contributed by atoms with E-state index in [-0.39, 0.29) is 0 Å². The van der Waals surface area contributed by atoms with Crippen molar-refractivity contribution in [2.45, 2.75) is 45.7 Å². The zero-order valence-corrected chi connectivity index (χ0v) is 18.3. The second-order valence-electron chi connectivity index (χ2n) is 8.09. The van der Waals surface area contributed by atoms with Crippen LogP contribution in [0.4, 0.5) is 11.5 Å². The Bertz CT molecular complexity index is 1070. The minimum atomic E-state index is 0.385. The number of hydrogen-bond acceptors (Lipinski definition) is 7. The lowest BCUT2D eigenvalue weighted by Gasteiger charge is -2.25. The van der Waals surface area contributed by atoms with Gasteiger partial charge in [0, 0.05) is 18.8 Å². The van der Waals surface area contributed by atoms with Crippen molar-refractivity contribution in [2.24, 2.45) is 16.8 Å². The van der Waals surface area contributed by atoms with E-state index in [1.165, 1.54) is 0 Å². The molecule has 0 bridgehead atoms. The number of aromatic nitrogens is 5. The number of fused-ring (bicyclic) bond motifs is 1. The molecular weight excluding hydrogens is 390 g/mol. The summed E-state index contributed by atoms with van der Waals surface area (Å²) in [6, 6.07) is 6.09. The van der Waals surface area contributed by atoms with Crippen molar-refractivity contribution in [2.75, 3.05) is 12.4 Å². The number of pyridine rings is 2. The Hall–Kier alpha value is -3.29. The van der Waals surface area contributed by atoms with E-state index >= 15 is 0 Å². The summed E-state index contributed by atoms with van der Waals surface area (Å²) in [4.78, 5) is 13.6. The molecule has 3 unspecified atom stereocenters. The van der Waals surface area contributed by atoms with Crippen LogP contribution < -0.4 is 10.1 Å². The highest BCUT2D eigenvalue weighted by molar-refractivity contribution is 5.73. The van der Waals surface area contributed by atoms with E-state index in [2.05, 4.69) is 51.6 Å². The quantitative estimate of drug-likeness (QED) is 0.552. The molecule has 0 aromatic carbocycles. The minimum Gasteiger partial charge on any atom is -0.495 e. The highest BCUT2D eigenvalue weighted by Crippen LogP contribution is 2.26. The summed E-state index contributed by atoms with van der Waals surface area (Å²) in [5, 5.41) is 11.9. The monoisotopic (exact) mass is 419 g/mol. The van der Waals surface area contributed by atoms with Crippen molar-refractivity contribution < 1.29 is 4.74 Å². The molecule has 4 heterocycles. The largest absolute Gasteiger partial charge is 0.495 e. The van der Waals surface area contributed by atoms with Gasteiger partial charge in [-0.15, -0.1) is 5.10 Å². The Morgan fingerprint density at radius 2 is 2.16 bits per heavy atom. The maximum Gasteiger partial charge on any atom is 0.180 e. The average Bonchev–Trinajstić information content (AvgIpc) is 3.17. The fourth-order valence-corrected chi connectivity index (χ4v) is 4.04. The van der Waals surface area contributed by atoms with Gasteiger partial charge >= 0.3 is 0 Å². The number of dihydropyridines is 1. The molecule has 1 aliphatic rings. The average molecular weight is 420 g/mol. The molecule has 8 heteroatoms. The van der Waals surface area contributed by atoms with Gasteiger partial charge in [-0.25, -0.2) is 9.67 Å². The maximum absolute atomic E-state index is 5.24. The molecule has 3 aromatic heterocycles. The molecule has 3 aromatic rings. The fraction of sp³-hybridized carbons (Fsp3) is 0.435. The molecule has 162 valence electrons. The van der Waals surface area contributed by atoms with Crippen LogP contribution in [0, 0.1) is 11.8 Å². The van der Waals surface area contributed by atoms with Crippen LogP contribution in [0.25, 0.3) is 11.2 Å². The predicted molar refractivity (Wildman–Crippen MR) is 123 cm³/mol. The van der Waals surface area contributed by atoms with Crippen molar-refractivity contribution in [3.05, 3.63) is 42.7 Å². The van der Waals surface area contributed by atoms with Gasteiger partial charge in [0.05, 0.1) is 31.2 Å². The molecule has 3 atom stereocenters. The maximum atomic E-state index is 5.24. The Kier molecular flexibility index (Phi) is 6.54. The molecular formula is C23H29N7O. The van der Waals surface area contributed by atoms with E-state index in [1.54, 1.807) is 19.5 Å². The van der Waals surface area contributed by atoms with Crippen LogP contribution in [0.5, 0.6) is 5.75 Å². The van der Waals surface area contributed by atoms with E-state index in [4.69, 9.17) is 9.72 Å².